The molecule has 2 amide bonds. The van der Waals surface area contributed by atoms with Gasteiger partial charge in [0.15, 0.2) is 5.82 Å². The maximum atomic E-state index is 12.4. The van der Waals surface area contributed by atoms with E-state index < -0.39 is 11.8 Å². The molecule has 28 heavy (non-hydrogen) atoms. The van der Waals surface area contributed by atoms with Crippen molar-refractivity contribution >= 4 is 11.8 Å². The maximum absolute atomic E-state index is 12.4. The van der Waals surface area contributed by atoms with Crippen LogP contribution in [0.1, 0.15) is 17.0 Å². The number of hydrogen-bond donors (Lipinski definition) is 3. The van der Waals surface area contributed by atoms with E-state index in [0.29, 0.717) is 17.3 Å². The average molecular weight is 381 g/mol. The lowest BCUT2D eigenvalue weighted by molar-refractivity contribution is -0.129. The fourth-order valence-electron chi connectivity index (χ4n) is 2.51. The van der Waals surface area contributed by atoms with Crippen molar-refractivity contribution < 1.29 is 19.5 Å². The van der Waals surface area contributed by atoms with E-state index in [-0.39, 0.29) is 18.8 Å². The highest BCUT2D eigenvalue weighted by molar-refractivity contribution is 5.91. The second-order valence-corrected chi connectivity index (χ2v) is 5.78. The Balaban J connectivity index is 1.91. The van der Waals surface area contributed by atoms with Crippen LogP contribution in [0.25, 0.3) is 17.1 Å². The molecule has 9 heteroatoms. The van der Waals surface area contributed by atoms with Crippen molar-refractivity contribution in [3.8, 4) is 22.8 Å². The van der Waals surface area contributed by atoms with Crippen LogP contribution in [-0.4, -0.2) is 45.4 Å². The summed E-state index contributed by atoms with van der Waals surface area (Å²) in [5.74, 6) is 0.0607. The number of hydroxylamine groups is 1. The molecule has 9 nitrogen and oxygen atoms in total. The van der Waals surface area contributed by atoms with Gasteiger partial charge in [-0.25, -0.2) is 15.1 Å². The molecule has 0 saturated carbocycles. The molecule has 0 aliphatic rings. The molecule has 3 rings (SSSR count). The van der Waals surface area contributed by atoms with Gasteiger partial charge in [-0.3, -0.25) is 14.8 Å². The molecule has 0 aliphatic heterocycles. The monoisotopic (exact) mass is 381 g/mol. The van der Waals surface area contributed by atoms with Crippen LogP contribution in [0.4, 0.5) is 0 Å². The molecule has 0 atom stereocenters. The van der Waals surface area contributed by atoms with E-state index in [9.17, 15) is 9.59 Å². The van der Waals surface area contributed by atoms with Gasteiger partial charge in [0.1, 0.15) is 5.75 Å². The molecule has 2 aromatic carbocycles. The second kappa shape index (κ2) is 8.78. The van der Waals surface area contributed by atoms with Gasteiger partial charge in [0.2, 0.25) is 11.7 Å². The molecule has 0 bridgehead atoms. The summed E-state index contributed by atoms with van der Waals surface area (Å²) in [5.41, 5.74) is 3.02. The van der Waals surface area contributed by atoms with Gasteiger partial charge in [-0.1, -0.05) is 30.3 Å². The van der Waals surface area contributed by atoms with Crippen molar-refractivity contribution in [1.29, 1.82) is 0 Å². The van der Waals surface area contributed by atoms with Gasteiger partial charge in [-0.15, -0.1) is 5.10 Å². The minimum atomic E-state index is -0.595. The maximum Gasteiger partial charge on any atom is 0.291 e. The van der Waals surface area contributed by atoms with Crippen LogP contribution in [0.2, 0.25) is 0 Å². The van der Waals surface area contributed by atoms with Crippen LogP contribution in [0, 0.1) is 0 Å². The first kappa shape index (κ1) is 19.1. The molecule has 3 N–H and O–H groups in total. The topological polar surface area (TPSA) is 118 Å². The van der Waals surface area contributed by atoms with Crippen LogP contribution >= 0.6 is 0 Å². The van der Waals surface area contributed by atoms with Crippen molar-refractivity contribution in [2.75, 3.05) is 13.7 Å². The van der Waals surface area contributed by atoms with Crippen molar-refractivity contribution in [2.45, 2.75) is 6.42 Å². The standard InChI is InChI=1S/C19H19N5O4/c1-28-15-9-7-14(8-10-15)24-18(13-5-3-2-4-6-13)21-17(22-24)19(26)20-12-11-16(25)23-27/h2-10,27H,11-12H2,1H3,(H,20,26)(H,23,25). The molecule has 0 fully saturated rings. The lowest BCUT2D eigenvalue weighted by atomic mass is 10.2. The van der Waals surface area contributed by atoms with Gasteiger partial charge in [-0.2, -0.15) is 0 Å². The number of carbonyl (C=O) groups excluding carboxylic acids is 2. The normalized spacial score (nSPS) is 10.4. The summed E-state index contributed by atoms with van der Waals surface area (Å²) in [6, 6.07) is 16.6. The van der Waals surface area contributed by atoms with E-state index in [1.165, 1.54) is 5.48 Å². The first-order chi connectivity index (χ1) is 13.6. The predicted molar refractivity (Wildman–Crippen MR) is 100 cm³/mol. The van der Waals surface area contributed by atoms with Crippen LogP contribution in [-0.2, 0) is 4.79 Å². The fraction of sp³-hybridized carbons (Fsp3) is 0.158. The molecule has 1 aromatic heterocycles. The Morgan fingerprint density at radius 3 is 2.46 bits per heavy atom. The zero-order valence-electron chi connectivity index (χ0n) is 15.1. The van der Waals surface area contributed by atoms with Gasteiger partial charge in [0.25, 0.3) is 5.91 Å². The van der Waals surface area contributed by atoms with E-state index >= 15 is 0 Å². The number of rotatable bonds is 7. The Labute approximate surface area is 160 Å². The molecular weight excluding hydrogens is 362 g/mol. The Morgan fingerprint density at radius 1 is 1.11 bits per heavy atom. The summed E-state index contributed by atoms with van der Waals surface area (Å²) < 4.78 is 6.75. The number of carbonyl (C=O) groups is 2. The third-order valence-corrected chi connectivity index (χ3v) is 3.92. The van der Waals surface area contributed by atoms with Gasteiger partial charge in [-0.05, 0) is 24.3 Å². The Hall–Kier alpha value is -3.72. The highest BCUT2D eigenvalue weighted by atomic mass is 16.5. The molecular formula is C19H19N5O4. The molecule has 0 unspecified atom stereocenters. The summed E-state index contributed by atoms with van der Waals surface area (Å²) in [4.78, 5) is 27.8. The third-order valence-electron chi connectivity index (χ3n) is 3.92. The van der Waals surface area contributed by atoms with Crippen molar-refractivity contribution in [1.82, 2.24) is 25.6 Å². The summed E-state index contributed by atoms with van der Waals surface area (Å²) in [6.45, 7) is 0.0446. The van der Waals surface area contributed by atoms with Crippen molar-refractivity contribution in [2.24, 2.45) is 0 Å². The van der Waals surface area contributed by atoms with Gasteiger partial charge < -0.3 is 10.1 Å². The molecule has 0 aliphatic carbocycles. The van der Waals surface area contributed by atoms with Crippen LogP contribution in [0.3, 0.4) is 0 Å². The SMILES string of the molecule is COc1ccc(-n2nc(C(=O)NCCC(=O)NO)nc2-c2ccccc2)cc1. The van der Waals surface area contributed by atoms with Crippen LogP contribution < -0.4 is 15.5 Å². The largest absolute Gasteiger partial charge is 0.497 e. The summed E-state index contributed by atoms with van der Waals surface area (Å²) in [7, 11) is 1.58. The number of nitrogens with one attached hydrogen (secondary N) is 2. The van der Waals surface area contributed by atoms with E-state index in [1.807, 2.05) is 42.5 Å². The van der Waals surface area contributed by atoms with Gasteiger partial charge >= 0.3 is 0 Å². The summed E-state index contributed by atoms with van der Waals surface area (Å²) >= 11 is 0. The Morgan fingerprint density at radius 2 is 1.82 bits per heavy atom. The minimum absolute atomic E-state index is 0.0286. The number of ether oxygens (including phenoxy) is 1. The first-order valence-corrected chi connectivity index (χ1v) is 8.50. The van der Waals surface area contributed by atoms with Crippen LogP contribution in [0.5, 0.6) is 5.75 Å². The molecule has 0 saturated heterocycles. The second-order valence-electron chi connectivity index (χ2n) is 5.78. The fourth-order valence-corrected chi connectivity index (χ4v) is 2.51. The highest BCUT2D eigenvalue weighted by Gasteiger charge is 2.18. The smallest absolute Gasteiger partial charge is 0.291 e. The third kappa shape index (κ3) is 4.33. The number of hydrogen-bond acceptors (Lipinski definition) is 6. The van der Waals surface area contributed by atoms with Gasteiger partial charge in [0, 0.05) is 18.5 Å². The molecule has 3 aromatic rings. The van der Waals surface area contributed by atoms with E-state index in [1.54, 1.807) is 23.9 Å². The highest BCUT2D eigenvalue weighted by Crippen LogP contribution is 2.22. The number of amides is 2. The lowest BCUT2D eigenvalue weighted by Crippen LogP contribution is -2.30. The minimum Gasteiger partial charge on any atom is -0.497 e. The lowest BCUT2D eigenvalue weighted by Gasteiger charge is -2.07. The van der Waals surface area contributed by atoms with Crippen molar-refractivity contribution in [3.05, 3.63) is 60.4 Å². The zero-order chi connectivity index (χ0) is 19.9. The average Bonchev–Trinajstić information content (AvgIpc) is 3.20. The first-order valence-electron chi connectivity index (χ1n) is 8.50. The molecule has 0 spiro atoms. The summed E-state index contributed by atoms with van der Waals surface area (Å²) in [5, 5.41) is 15.4. The summed E-state index contributed by atoms with van der Waals surface area (Å²) in [6.07, 6.45) is -0.0625. The van der Waals surface area contributed by atoms with E-state index in [2.05, 4.69) is 15.4 Å². The number of aromatic nitrogens is 3. The quantitative estimate of drug-likeness (QED) is 0.422. The van der Waals surface area contributed by atoms with Crippen molar-refractivity contribution in [3.63, 3.8) is 0 Å². The molecule has 144 valence electrons. The Kier molecular flexibility index (Phi) is 5.97. The Bertz CT molecular complexity index is 954. The van der Waals surface area contributed by atoms with Crippen LogP contribution in [0.15, 0.2) is 54.6 Å². The number of benzene rings is 2. The molecule has 0 radical (unpaired) electrons. The number of nitrogens with zero attached hydrogens (tertiary/aromatic N) is 3. The zero-order valence-corrected chi connectivity index (χ0v) is 15.1. The predicted octanol–water partition coefficient (Wildman–Crippen LogP) is 1.57. The number of methoxy groups -OCH3 is 1. The van der Waals surface area contributed by atoms with Gasteiger partial charge in [0.05, 0.1) is 12.8 Å². The molecule has 1 heterocycles. The van der Waals surface area contributed by atoms with E-state index in [0.717, 1.165) is 5.56 Å². The van der Waals surface area contributed by atoms with E-state index in [4.69, 9.17) is 9.94 Å².